The third-order valence-corrected chi connectivity index (χ3v) is 5.18. The predicted molar refractivity (Wildman–Crippen MR) is 106 cm³/mol. The van der Waals surface area contributed by atoms with Crippen molar-refractivity contribution in [2.75, 3.05) is 36.4 Å². The molecule has 1 aliphatic heterocycles. The smallest absolute Gasteiger partial charge is 0.387 e. The number of hydrogen-bond donors (Lipinski definition) is 2. The fraction of sp³-hybridized carbons (Fsp3) is 0.350. The van der Waals surface area contributed by atoms with Crippen LogP contribution in [0.25, 0.3) is 0 Å². The van der Waals surface area contributed by atoms with Gasteiger partial charge in [0.15, 0.2) is 6.04 Å². The maximum atomic E-state index is 12.6. The number of ether oxygens (including phenoxy) is 1. The molecule has 1 amide bonds. The number of alkyl halides is 2. The molecule has 2 N–H and O–H groups in total. The summed E-state index contributed by atoms with van der Waals surface area (Å²) >= 11 is 6.06. The Hall–Kier alpha value is -2.38. The van der Waals surface area contributed by atoms with Gasteiger partial charge in [-0.05, 0) is 37.3 Å². The minimum absolute atomic E-state index is 0.0428. The number of quaternary nitrogens is 1. The van der Waals surface area contributed by atoms with Crippen molar-refractivity contribution in [3.8, 4) is 5.75 Å². The van der Waals surface area contributed by atoms with E-state index < -0.39 is 6.61 Å². The quantitative estimate of drug-likeness (QED) is 0.769. The van der Waals surface area contributed by atoms with Crippen molar-refractivity contribution < 1.29 is 23.2 Å². The van der Waals surface area contributed by atoms with Crippen LogP contribution >= 0.6 is 11.6 Å². The molecule has 1 heterocycles. The van der Waals surface area contributed by atoms with Gasteiger partial charge in [-0.3, -0.25) is 4.79 Å². The first-order valence-electron chi connectivity index (χ1n) is 9.14. The normalized spacial score (nSPS) is 16.1. The standard InChI is InChI=1S/C20H22ClF2N3O2/c1-14(19(27)24-17-7-2-3-8-18(17)28-20(22)23)25-9-11-26(12-10-25)16-6-4-5-15(21)13-16/h2-8,13-14,20H,9-12H2,1H3,(H,24,27)/p+1/t14-/m0/s1. The van der Waals surface area contributed by atoms with E-state index in [4.69, 9.17) is 11.6 Å². The Labute approximate surface area is 167 Å². The third kappa shape index (κ3) is 5.11. The van der Waals surface area contributed by atoms with Crippen LogP contribution in [0.3, 0.4) is 0 Å². The largest absolute Gasteiger partial charge is 0.433 e. The summed E-state index contributed by atoms with van der Waals surface area (Å²) in [5, 5.41) is 3.41. The molecule has 150 valence electrons. The zero-order chi connectivity index (χ0) is 20.1. The zero-order valence-electron chi connectivity index (χ0n) is 15.5. The molecular weight excluding hydrogens is 388 g/mol. The Bertz CT molecular complexity index is 814. The molecule has 0 saturated carbocycles. The first-order chi connectivity index (χ1) is 13.4. The summed E-state index contributed by atoms with van der Waals surface area (Å²) < 4.78 is 29.5. The molecule has 0 aromatic heterocycles. The Morgan fingerprint density at radius 1 is 1.18 bits per heavy atom. The Morgan fingerprint density at radius 2 is 1.89 bits per heavy atom. The third-order valence-electron chi connectivity index (χ3n) is 4.95. The van der Waals surface area contributed by atoms with Gasteiger partial charge in [-0.15, -0.1) is 0 Å². The minimum Gasteiger partial charge on any atom is -0.433 e. The van der Waals surface area contributed by atoms with Crippen LogP contribution in [0.15, 0.2) is 48.5 Å². The van der Waals surface area contributed by atoms with E-state index in [2.05, 4.69) is 15.0 Å². The van der Waals surface area contributed by atoms with Crippen LogP contribution in [-0.4, -0.2) is 44.7 Å². The number of piperazine rings is 1. The van der Waals surface area contributed by atoms with Crippen molar-refractivity contribution in [2.24, 2.45) is 0 Å². The number of carbonyl (C=O) groups excluding carboxylic acids is 1. The van der Waals surface area contributed by atoms with E-state index in [1.54, 1.807) is 18.2 Å². The SMILES string of the molecule is C[C@@H](C(=O)Nc1ccccc1OC(F)F)[NH+]1CCN(c2cccc(Cl)c2)CC1. The van der Waals surface area contributed by atoms with Gasteiger partial charge in [0, 0.05) is 10.7 Å². The second kappa shape index (κ2) is 9.21. The monoisotopic (exact) mass is 410 g/mol. The van der Waals surface area contributed by atoms with Gasteiger partial charge < -0.3 is 19.9 Å². The molecule has 0 aliphatic carbocycles. The molecule has 2 aromatic rings. The van der Waals surface area contributed by atoms with Gasteiger partial charge in [-0.1, -0.05) is 29.8 Å². The highest BCUT2D eigenvalue weighted by molar-refractivity contribution is 6.30. The van der Waals surface area contributed by atoms with E-state index in [0.717, 1.165) is 36.8 Å². The summed E-state index contributed by atoms with van der Waals surface area (Å²) in [6, 6.07) is 13.6. The second-order valence-electron chi connectivity index (χ2n) is 6.71. The first kappa shape index (κ1) is 20.4. The lowest BCUT2D eigenvalue weighted by Crippen LogP contribution is -3.19. The van der Waals surface area contributed by atoms with Crippen molar-refractivity contribution >= 4 is 28.9 Å². The van der Waals surface area contributed by atoms with E-state index in [1.165, 1.54) is 6.07 Å². The molecule has 5 nitrogen and oxygen atoms in total. The van der Waals surface area contributed by atoms with E-state index in [1.807, 2.05) is 31.2 Å². The zero-order valence-corrected chi connectivity index (χ0v) is 16.3. The van der Waals surface area contributed by atoms with Crippen molar-refractivity contribution in [2.45, 2.75) is 19.6 Å². The highest BCUT2D eigenvalue weighted by Gasteiger charge is 2.29. The first-order valence-corrected chi connectivity index (χ1v) is 9.51. The summed E-state index contributed by atoms with van der Waals surface area (Å²) in [5.74, 6) is -0.268. The van der Waals surface area contributed by atoms with Crippen LogP contribution in [0.5, 0.6) is 5.75 Å². The van der Waals surface area contributed by atoms with Crippen molar-refractivity contribution in [1.82, 2.24) is 0 Å². The molecule has 8 heteroatoms. The van der Waals surface area contributed by atoms with Crippen LogP contribution in [-0.2, 0) is 4.79 Å². The van der Waals surface area contributed by atoms with Crippen molar-refractivity contribution in [3.63, 3.8) is 0 Å². The van der Waals surface area contributed by atoms with E-state index >= 15 is 0 Å². The average molecular weight is 411 g/mol. The number of benzene rings is 2. The average Bonchev–Trinajstić information content (AvgIpc) is 2.68. The number of anilines is 2. The molecule has 1 fully saturated rings. The highest BCUT2D eigenvalue weighted by atomic mass is 35.5. The fourth-order valence-electron chi connectivity index (χ4n) is 3.35. The summed E-state index contributed by atoms with van der Waals surface area (Å²) in [5.41, 5.74) is 1.32. The number of para-hydroxylation sites is 2. The number of nitrogens with one attached hydrogen (secondary N) is 2. The number of halogens is 3. The molecule has 0 radical (unpaired) electrons. The van der Waals surface area contributed by atoms with Crippen molar-refractivity contribution in [1.29, 1.82) is 0 Å². The Morgan fingerprint density at radius 3 is 2.57 bits per heavy atom. The van der Waals surface area contributed by atoms with Gasteiger partial charge in [0.25, 0.3) is 5.91 Å². The lowest BCUT2D eigenvalue weighted by molar-refractivity contribution is -0.914. The molecule has 3 rings (SSSR count). The topological polar surface area (TPSA) is 46.0 Å². The van der Waals surface area contributed by atoms with Gasteiger partial charge >= 0.3 is 6.61 Å². The maximum Gasteiger partial charge on any atom is 0.387 e. The van der Waals surface area contributed by atoms with Gasteiger partial charge in [0.2, 0.25) is 0 Å². The van der Waals surface area contributed by atoms with Crippen molar-refractivity contribution in [3.05, 3.63) is 53.6 Å². The molecular formula is C20H23ClF2N3O2+. The minimum atomic E-state index is -2.94. The summed E-state index contributed by atoms with van der Waals surface area (Å²) in [7, 11) is 0. The molecule has 28 heavy (non-hydrogen) atoms. The summed E-state index contributed by atoms with van der Waals surface area (Å²) in [6.45, 7) is 2.08. The lowest BCUT2D eigenvalue weighted by Gasteiger charge is -2.36. The molecule has 1 aliphatic rings. The second-order valence-corrected chi connectivity index (χ2v) is 7.15. The van der Waals surface area contributed by atoms with E-state index in [0.29, 0.717) is 5.02 Å². The molecule has 0 bridgehead atoms. The molecule has 1 atom stereocenters. The van der Waals surface area contributed by atoms with Crippen LogP contribution in [0.2, 0.25) is 5.02 Å². The molecule has 0 spiro atoms. The predicted octanol–water partition coefficient (Wildman–Crippen LogP) is 2.67. The van der Waals surface area contributed by atoms with Crippen LogP contribution < -0.4 is 19.9 Å². The Kier molecular flexibility index (Phi) is 6.70. The summed E-state index contributed by atoms with van der Waals surface area (Å²) in [4.78, 5) is 16.0. The van der Waals surface area contributed by atoms with E-state index in [9.17, 15) is 13.6 Å². The van der Waals surface area contributed by atoms with Crippen LogP contribution in [0.1, 0.15) is 6.92 Å². The number of hydrogen-bond acceptors (Lipinski definition) is 3. The van der Waals surface area contributed by atoms with Gasteiger partial charge in [0.05, 0.1) is 31.9 Å². The number of nitrogens with zero attached hydrogens (tertiary/aromatic N) is 1. The lowest BCUT2D eigenvalue weighted by atomic mass is 10.2. The van der Waals surface area contributed by atoms with E-state index in [-0.39, 0.29) is 23.4 Å². The number of rotatable bonds is 6. The maximum absolute atomic E-state index is 12.6. The molecule has 0 unspecified atom stereocenters. The van der Waals surface area contributed by atoms with Gasteiger partial charge in [-0.2, -0.15) is 8.78 Å². The highest BCUT2D eigenvalue weighted by Crippen LogP contribution is 2.25. The van der Waals surface area contributed by atoms with Gasteiger partial charge in [0.1, 0.15) is 5.75 Å². The van der Waals surface area contributed by atoms with Crippen LogP contribution in [0, 0.1) is 0 Å². The number of carbonyl (C=O) groups is 1. The van der Waals surface area contributed by atoms with Gasteiger partial charge in [-0.25, -0.2) is 0 Å². The summed E-state index contributed by atoms with van der Waals surface area (Å²) in [6.07, 6.45) is 0. The molecule has 1 saturated heterocycles. The van der Waals surface area contributed by atoms with Crippen LogP contribution in [0.4, 0.5) is 20.2 Å². The molecule has 2 aromatic carbocycles. The fourth-order valence-corrected chi connectivity index (χ4v) is 3.54. The Balaban J connectivity index is 1.58. The number of amides is 1.